The van der Waals surface area contributed by atoms with E-state index in [0.717, 1.165) is 11.1 Å². The third-order valence-electron chi connectivity index (χ3n) is 5.02. The van der Waals surface area contributed by atoms with Gasteiger partial charge in [0.05, 0.1) is 11.4 Å². The number of sulfonamides is 1. The summed E-state index contributed by atoms with van der Waals surface area (Å²) >= 11 is 0. The molecule has 0 spiro atoms. The Labute approximate surface area is 202 Å². The lowest BCUT2D eigenvalue weighted by atomic mass is 10.1. The van der Waals surface area contributed by atoms with Crippen molar-refractivity contribution in [1.82, 2.24) is 14.8 Å². The number of carbonyl (C=O) groups excluding carboxylic acids is 1. The highest BCUT2D eigenvalue weighted by molar-refractivity contribution is 7.89. The van der Waals surface area contributed by atoms with Gasteiger partial charge in [-0.3, -0.25) is 14.5 Å². The van der Waals surface area contributed by atoms with E-state index in [9.17, 15) is 18.5 Å². The number of nitrogens with one attached hydrogen (secondary N) is 1. The van der Waals surface area contributed by atoms with Crippen LogP contribution in [0.5, 0.6) is 0 Å². The maximum absolute atomic E-state index is 12.8. The van der Waals surface area contributed by atoms with Gasteiger partial charge in [0.1, 0.15) is 17.3 Å². The number of hydrogen-bond acceptors (Lipinski definition) is 6. The van der Waals surface area contributed by atoms with Crippen LogP contribution in [0.15, 0.2) is 95.8 Å². The zero-order valence-electron chi connectivity index (χ0n) is 18.4. The van der Waals surface area contributed by atoms with Crippen LogP contribution in [0.3, 0.4) is 0 Å². The standard InChI is InChI=1S/C25H20N6O3S/c26-14-20(25(32)29-22-8-10-23(11-9-22)35(27,33)34)13-21-17-31(16-18-5-2-1-3-6-18)30-24(21)19-7-4-12-28-15-19/h1-13,15,17H,16H2,(H,29,32)(H2,27,33,34)/b20-13+. The van der Waals surface area contributed by atoms with Crippen molar-refractivity contribution in [3.8, 4) is 17.3 Å². The number of pyridine rings is 1. The van der Waals surface area contributed by atoms with E-state index >= 15 is 0 Å². The molecule has 35 heavy (non-hydrogen) atoms. The fourth-order valence-corrected chi connectivity index (χ4v) is 3.87. The van der Waals surface area contributed by atoms with E-state index in [2.05, 4.69) is 15.4 Å². The summed E-state index contributed by atoms with van der Waals surface area (Å²) in [6, 6.07) is 20.7. The summed E-state index contributed by atoms with van der Waals surface area (Å²) in [5.41, 5.74) is 3.10. The lowest BCUT2D eigenvalue weighted by Crippen LogP contribution is -2.14. The lowest BCUT2D eigenvalue weighted by Gasteiger charge is -2.05. The lowest BCUT2D eigenvalue weighted by molar-refractivity contribution is -0.112. The largest absolute Gasteiger partial charge is 0.321 e. The number of rotatable bonds is 7. The summed E-state index contributed by atoms with van der Waals surface area (Å²) in [5, 5.41) is 22.0. The minimum Gasteiger partial charge on any atom is -0.321 e. The van der Waals surface area contributed by atoms with Crippen LogP contribution in [0, 0.1) is 11.3 Å². The summed E-state index contributed by atoms with van der Waals surface area (Å²) < 4.78 is 24.6. The molecule has 9 nitrogen and oxygen atoms in total. The first-order chi connectivity index (χ1) is 16.8. The highest BCUT2D eigenvalue weighted by Crippen LogP contribution is 2.24. The average molecular weight is 485 g/mol. The molecule has 0 saturated carbocycles. The Morgan fingerprint density at radius 2 is 1.83 bits per heavy atom. The Hall–Kier alpha value is -4.59. The fourth-order valence-electron chi connectivity index (χ4n) is 3.35. The first kappa shape index (κ1) is 23.6. The molecule has 2 heterocycles. The van der Waals surface area contributed by atoms with Gasteiger partial charge in [0, 0.05) is 35.4 Å². The summed E-state index contributed by atoms with van der Waals surface area (Å²) in [7, 11) is -3.85. The molecule has 4 aromatic rings. The van der Waals surface area contributed by atoms with Gasteiger partial charge in [0.25, 0.3) is 5.91 Å². The van der Waals surface area contributed by atoms with Crippen LogP contribution in [0.2, 0.25) is 0 Å². The quantitative estimate of drug-likeness (QED) is 0.304. The number of carbonyl (C=O) groups is 1. The molecule has 0 atom stereocenters. The van der Waals surface area contributed by atoms with Crippen molar-refractivity contribution in [1.29, 1.82) is 5.26 Å². The second-order valence-corrected chi connectivity index (χ2v) is 9.11. The van der Waals surface area contributed by atoms with E-state index in [4.69, 9.17) is 5.14 Å². The topological polar surface area (TPSA) is 144 Å². The second kappa shape index (κ2) is 10.1. The number of amides is 1. The number of nitrogens with zero attached hydrogens (tertiary/aromatic N) is 4. The molecule has 174 valence electrons. The molecule has 2 aromatic heterocycles. The summed E-state index contributed by atoms with van der Waals surface area (Å²) in [4.78, 5) is 16.9. The first-order valence-corrected chi connectivity index (χ1v) is 12.0. The molecule has 1 amide bonds. The van der Waals surface area contributed by atoms with E-state index in [1.807, 2.05) is 42.5 Å². The minimum atomic E-state index is -3.85. The Balaban J connectivity index is 1.64. The third kappa shape index (κ3) is 5.86. The van der Waals surface area contributed by atoms with Gasteiger partial charge in [-0.2, -0.15) is 10.4 Å². The van der Waals surface area contributed by atoms with Gasteiger partial charge in [-0.15, -0.1) is 0 Å². The molecule has 0 bridgehead atoms. The Morgan fingerprint density at radius 3 is 2.46 bits per heavy atom. The first-order valence-electron chi connectivity index (χ1n) is 10.4. The van der Waals surface area contributed by atoms with Crippen LogP contribution in [0.4, 0.5) is 5.69 Å². The van der Waals surface area contributed by atoms with Crippen LogP contribution in [0.25, 0.3) is 17.3 Å². The normalized spacial score (nSPS) is 11.6. The molecular weight excluding hydrogens is 464 g/mol. The predicted molar refractivity (Wildman–Crippen MR) is 131 cm³/mol. The highest BCUT2D eigenvalue weighted by atomic mass is 32.2. The zero-order valence-corrected chi connectivity index (χ0v) is 19.2. The monoisotopic (exact) mass is 484 g/mol. The minimum absolute atomic E-state index is 0.0847. The molecule has 0 radical (unpaired) electrons. The number of benzene rings is 2. The summed E-state index contributed by atoms with van der Waals surface area (Å²) in [5.74, 6) is -0.649. The summed E-state index contributed by atoms with van der Waals surface area (Å²) in [6.07, 6.45) is 6.53. The van der Waals surface area contributed by atoms with Gasteiger partial charge in [-0.05, 0) is 48.0 Å². The molecule has 0 aliphatic carbocycles. The van der Waals surface area contributed by atoms with E-state index in [0.29, 0.717) is 23.5 Å². The van der Waals surface area contributed by atoms with Crippen molar-refractivity contribution in [2.75, 3.05) is 5.32 Å². The van der Waals surface area contributed by atoms with Crippen molar-refractivity contribution in [2.24, 2.45) is 5.14 Å². The fraction of sp³-hybridized carbons (Fsp3) is 0.0400. The smallest absolute Gasteiger partial charge is 0.266 e. The number of hydrogen-bond donors (Lipinski definition) is 2. The molecule has 0 unspecified atom stereocenters. The number of nitriles is 1. The van der Waals surface area contributed by atoms with E-state index in [-0.39, 0.29) is 10.5 Å². The Kier molecular flexibility index (Phi) is 6.82. The molecule has 4 rings (SSSR count). The van der Waals surface area contributed by atoms with Crippen LogP contribution < -0.4 is 10.5 Å². The number of aromatic nitrogens is 3. The number of primary sulfonamides is 1. The highest BCUT2D eigenvalue weighted by Gasteiger charge is 2.16. The average Bonchev–Trinajstić information content (AvgIpc) is 3.25. The maximum atomic E-state index is 12.8. The zero-order chi connectivity index (χ0) is 24.8. The van der Waals surface area contributed by atoms with Crippen molar-refractivity contribution in [3.05, 3.63) is 102 Å². The van der Waals surface area contributed by atoms with E-state index in [1.54, 1.807) is 29.3 Å². The van der Waals surface area contributed by atoms with Gasteiger partial charge in [0.15, 0.2) is 0 Å². The van der Waals surface area contributed by atoms with Crippen LogP contribution >= 0.6 is 0 Å². The van der Waals surface area contributed by atoms with Crippen molar-refractivity contribution >= 4 is 27.7 Å². The van der Waals surface area contributed by atoms with E-state index in [1.165, 1.54) is 30.3 Å². The van der Waals surface area contributed by atoms with Gasteiger partial charge in [-0.25, -0.2) is 13.6 Å². The van der Waals surface area contributed by atoms with Crippen LogP contribution in [0.1, 0.15) is 11.1 Å². The third-order valence-corrected chi connectivity index (χ3v) is 5.95. The number of anilines is 1. The molecule has 0 fully saturated rings. The molecular formula is C25H20N6O3S. The van der Waals surface area contributed by atoms with Gasteiger partial charge in [0.2, 0.25) is 10.0 Å². The van der Waals surface area contributed by atoms with Crippen molar-refractivity contribution in [2.45, 2.75) is 11.4 Å². The van der Waals surface area contributed by atoms with E-state index < -0.39 is 15.9 Å². The van der Waals surface area contributed by atoms with Crippen molar-refractivity contribution in [3.63, 3.8) is 0 Å². The number of nitrogens with two attached hydrogens (primary N) is 1. The molecule has 2 aromatic carbocycles. The molecule has 3 N–H and O–H groups in total. The van der Waals surface area contributed by atoms with Gasteiger partial charge >= 0.3 is 0 Å². The predicted octanol–water partition coefficient (Wildman–Crippen LogP) is 3.19. The Bertz CT molecular complexity index is 1520. The van der Waals surface area contributed by atoms with Gasteiger partial charge < -0.3 is 5.32 Å². The van der Waals surface area contributed by atoms with Crippen LogP contribution in [-0.4, -0.2) is 29.1 Å². The maximum Gasteiger partial charge on any atom is 0.266 e. The second-order valence-electron chi connectivity index (χ2n) is 7.55. The van der Waals surface area contributed by atoms with Crippen LogP contribution in [-0.2, 0) is 21.4 Å². The van der Waals surface area contributed by atoms with Gasteiger partial charge in [-0.1, -0.05) is 30.3 Å². The van der Waals surface area contributed by atoms with Crippen molar-refractivity contribution < 1.29 is 13.2 Å². The SMILES string of the molecule is N#C/C(=C\c1cn(Cc2ccccc2)nc1-c1cccnc1)C(=O)Nc1ccc(S(N)(=O)=O)cc1. The molecule has 10 heteroatoms. The molecule has 0 aliphatic rings. The Morgan fingerprint density at radius 1 is 1.09 bits per heavy atom. The summed E-state index contributed by atoms with van der Waals surface area (Å²) in [6.45, 7) is 0.506. The molecule has 0 saturated heterocycles. The molecule has 0 aliphatic heterocycles.